The van der Waals surface area contributed by atoms with Gasteiger partial charge >= 0.3 is 8.80 Å². The molecule has 0 aromatic heterocycles. The molecule has 0 N–H and O–H groups in total. The summed E-state index contributed by atoms with van der Waals surface area (Å²) in [6.45, 7) is 7.64. The molecular weight excluding hydrogens is 457 g/mol. The van der Waals surface area contributed by atoms with E-state index in [1.807, 2.05) is 20.8 Å². The summed E-state index contributed by atoms with van der Waals surface area (Å²) in [5, 5.41) is 0. The highest BCUT2D eigenvalue weighted by Crippen LogP contribution is 2.53. The number of hydrogen-bond donors (Lipinski definition) is 4. The molecule has 0 heterocycles. The minimum absolute atomic E-state index is 0.339. The molecule has 0 spiro atoms. The molecule has 0 aliphatic heterocycles. The SMILES string of the molecule is CCO[Si](CC(S)(C1CCCCCCCCCCC1)C(S)(S)S)(OCC)OCC. The quantitative estimate of drug-likeness (QED) is 0.147. The molecule has 0 radical (unpaired) electrons. The van der Waals surface area contributed by atoms with E-state index in [4.69, 9.17) is 63.8 Å². The predicted octanol–water partition coefficient (Wildman–Crippen LogP) is 7.07. The normalized spacial score (nSPS) is 21.2. The second-order valence-electron chi connectivity index (χ2n) is 8.17. The first kappa shape index (κ1) is 28.5. The minimum atomic E-state index is -2.92. The molecule has 0 amide bonds. The molecule has 0 aromatic rings. The molecule has 1 saturated carbocycles. The molecule has 0 aromatic carbocycles. The summed E-state index contributed by atoms with van der Waals surface area (Å²) >= 11 is 19.7. The van der Waals surface area contributed by atoms with E-state index in [0.717, 1.165) is 12.8 Å². The average Bonchev–Trinajstić information content (AvgIpc) is 2.61. The standard InChI is InChI=1S/C21H44O3S4Si/c1-4-22-29(23-5-2,24-6-3)18-20(25,21(26,27)28)19-16-14-12-10-8-7-9-11-13-15-17-19/h19,25-28H,4-18H2,1-3H3. The maximum atomic E-state index is 6.17. The number of rotatable bonds is 10. The lowest BCUT2D eigenvalue weighted by Crippen LogP contribution is -2.57. The third-order valence-corrected chi connectivity index (χ3v) is 12.0. The molecule has 3 nitrogen and oxygen atoms in total. The Morgan fingerprint density at radius 2 is 1.00 bits per heavy atom. The molecule has 1 atom stereocenters. The molecule has 1 aliphatic rings. The Morgan fingerprint density at radius 3 is 1.31 bits per heavy atom. The highest BCUT2D eigenvalue weighted by Gasteiger charge is 2.56. The van der Waals surface area contributed by atoms with Crippen LogP contribution in [0.2, 0.25) is 6.04 Å². The van der Waals surface area contributed by atoms with Gasteiger partial charge in [-0.15, -0.1) is 0 Å². The molecule has 1 rings (SSSR count). The lowest BCUT2D eigenvalue weighted by atomic mass is 9.83. The van der Waals surface area contributed by atoms with E-state index in [0.29, 0.717) is 31.8 Å². The van der Waals surface area contributed by atoms with E-state index in [1.54, 1.807) is 0 Å². The molecule has 1 unspecified atom stereocenters. The Hall–Kier alpha value is 1.50. The van der Waals surface area contributed by atoms with E-state index in [9.17, 15) is 0 Å². The van der Waals surface area contributed by atoms with Crippen LogP contribution < -0.4 is 0 Å². The molecule has 8 heteroatoms. The van der Waals surface area contributed by atoms with E-state index in [1.165, 1.54) is 57.8 Å². The molecule has 29 heavy (non-hydrogen) atoms. The summed E-state index contributed by atoms with van der Waals surface area (Å²) in [6.07, 6.45) is 14.0. The van der Waals surface area contributed by atoms with E-state index in [2.05, 4.69) is 0 Å². The van der Waals surface area contributed by atoms with Gasteiger partial charge in [-0.1, -0.05) is 57.8 Å². The van der Waals surface area contributed by atoms with Crippen molar-refractivity contribution in [1.29, 1.82) is 0 Å². The lowest BCUT2D eigenvalue weighted by Gasteiger charge is -2.48. The summed E-state index contributed by atoms with van der Waals surface area (Å²) < 4.78 is 17.1. The Morgan fingerprint density at radius 1 is 0.655 bits per heavy atom. The van der Waals surface area contributed by atoms with Gasteiger partial charge in [-0.25, -0.2) is 0 Å². The van der Waals surface area contributed by atoms with Crippen molar-refractivity contribution in [2.24, 2.45) is 5.92 Å². The first-order chi connectivity index (χ1) is 13.7. The fraction of sp³-hybridized carbons (Fsp3) is 1.00. The van der Waals surface area contributed by atoms with Crippen molar-refractivity contribution < 1.29 is 13.3 Å². The van der Waals surface area contributed by atoms with Gasteiger partial charge in [0, 0.05) is 25.9 Å². The topological polar surface area (TPSA) is 27.7 Å². The van der Waals surface area contributed by atoms with Crippen LogP contribution in [-0.2, 0) is 13.3 Å². The van der Waals surface area contributed by atoms with Crippen molar-refractivity contribution in [1.82, 2.24) is 0 Å². The summed E-state index contributed by atoms with van der Waals surface area (Å²) in [5.74, 6) is 0.339. The van der Waals surface area contributed by atoms with Crippen molar-refractivity contribution >= 4 is 59.3 Å². The zero-order valence-corrected chi connectivity index (χ0v) is 23.3. The maximum Gasteiger partial charge on any atom is 0.502 e. The lowest BCUT2D eigenvalue weighted by molar-refractivity contribution is 0.0660. The van der Waals surface area contributed by atoms with Crippen LogP contribution in [0.25, 0.3) is 0 Å². The molecular formula is C21H44O3S4Si. The number of hydrogen-bond acceptors (Lipinski definition) is 7. The van der Waals surface area contributed by atoms with E-state index >= 15 is 0 Å². The third kappa shape index (κ3) is 9.48. The van der Waals surface area contributed by atoms with Gasteiger partial charge in [0.15, 0.2) is 0 Å². The zero-order valence-electron chi connectivity index (χ0n) is 18.7. The van der Waals surface area contributed by atoms with Gasteiger partial charge in [-0.3, -0.25) is 0 Å². The first-order valence-corrected chi connectivity index (χ1v) is 15.3. The Kier molecular flexibility index (Phi) is 14.4. The molecule has 1 aliphatic carbocycles. The van der Waals surface area contributed by atoms with Gasteiger partial charge in [0.2, 0.25) is 0 Å². The monoisotopic (exact) mass is 500 g/mol. The summed E-state index contributed by atoms with van der Waals surface area (Å²) in [6, 6.07) is 0.569. The Bertz CT molecular complexity index is 408. The largest absolute Gasteiger partial charge is 0.502 e. The van der Waals surface area contributed by atoms with E-state index < -0.39 is 17.0 Å². The fourth-order valence-electron chi connectivity index (χ4n) is 4.45. The van der Waals surface area contributed by atoms with Crippen molar-refractivity contribution in [3.05, 3.63) is 0 Å². The van der Waals surface area contributed by atoms with Gasteiger partial charge in [0.25, 0.3) is 0 Å². The highest BCUT2D eigenvalue weighted by molar-refractivity contribution is 8.18. The number of thiol groups is 4. The second-order valence-corrected chi connectivity index (χ2v) is 14.6. The minimum Gasteiger partial charge on any atom is -0.374 e. The van der Waals surface area contributed by atoms with Crippen molar-refractivity contribution in [2.45, 2.75) is 106 Å². The van der Waals surface area contributed by atoms with Crippen molar-refractivity contribution in [3.8, 4) is 0 Å². The van der Waals surface area contributed by atoms with Crippen LogP contribution in [-0.4, -0.2) is 36.8 Å². The Labute approximate surface area is 203 Å². The average molecular weight is 501 g/mol. The van der Waals surface area contributed by atoms with Gasteiger partial charge in [-0.2, -0.15) is 50.5 Å². The third-order valence-electron chi connectivity index (χ3n) is 5.94. The zero-order chi connectivity index (χ0) is 21.8. The van der Waals surface area contributed by atoms with Crippen molar-refractivity contribution in [3.63, 3.8) is 0 Å². The van der Waals surface area contributed by atoms with Crippen LogP contribution in [0.5, 0.6) is 0 Å². The van der Waals surface area contributed by atoms with Gasteiger partial charge < -0.3 is 13.3 Å². The predicted molar refractivity (Wildman–Crippen MR) is 141 cm³/mol. The second kappa shape index (κ2) is 14.6. The van der Waals surface area contributed by atoms with Crippen LogP contribution >= 0.6 is 50.5 Å². The molecule has 174 valence electrons. The smallest absolute Gasteiger partial charge is 0.374 e. The van der Waals surface area contributed by atoms with Crippen LogP contribution in [0.15, 0.2) is 0 Å². The van der Waals surface area contributed by atoms with Crippen LogP contribution in [0.3, 0.4) is 0 Å². The highest BCUT2D eigenvalue weighted by atomic mass is 32.2. The molecule has 0 saturated heterocycles. The van der Waals surface area contributed by atoms with Crippen LogP contribution in [0, 0.1) is 5.92 Å². The van der Waals surface area contributed by atoms with Crippen LogP contribution in [0.4, 0.5) is 0 Å². The summed E-state index contributed by atoms with van der Waals surface area (Å²) in [7, 11) is -2.92. The Balaban J connectivity index is 3.15. The summed E-state index contributed by atoms with van der Waals surface area (Å²) in [5.41, 5.74) is 0. The maximum absolute atomic E-state index is 6.17. The molecule has 0 bridgehead atoms. The van der Waals surface area contributed by atoms with Crippen molar-refractivity contribution in [2.75, 3.05) is 19.8 Å². The van der Waals surface area contributed by atoms with Crippen LogP contribution in [0.1, 0.15) is 91.4 Å². The van der Waals surface area contributed by atoms with Gasteiger partial charge in [0.1, 0.15) is 3.41 Å². The fourth-order valence-corrected chi connectivity index (χ4v) is 9.61. The summed E-state index contributed by atoms with van der Waals surface area (Å²) in [4.78, 5) is 0. The van der Waals surface area contributed by atoms with E-state index in [-0.39, 0.29) is 0 Å². The first-order valence-electron chi connectivity index (χ1n) is 11.6. The molecule has 1 fully saturated rings. The van der Waals surface area contributed by atoms with Gasteiger partial charge in [-0.05, 0) is 39.5 Å². The van der Waals surface area contributed by atoms with Gasteiger partial charge in [0.05, 0.1) is 4.75 Å².